The Morgan fingerprint density at radius 2 is 1.87 bits per heavy atom. The van der Waals surface area contributed by atoms with Crippen LogP contribution in [0.25, 0.3) is 6.08 Å². The Morgan fingerprint density at radius 1 is 1.33 bits per heavy atom. The van der Waals surface area contributed by atoms with E-state index in [9.17, 15) is 4.79 Å². The second-order valence-electron chi connectivity index (χ2n) is 2.68. The minimum absolute atomic E-state index is 0.181. The number of aliphatic carboxylic acids is 1. The molecule has 0 unspecified atom stereocenters. The van der Waals surface area contributed by atoms with Gasteiger partial charge in [0.15, 0.2) is 0 Å². The molecule has 0 saturated carbocycles. The average molecular weight is 206 g/mol. The zero-order valence-corrected chi connectivity index (χ0v) is 8.39. The standard InChI is InChI=1S/C8H8.C4H6O3/c1-2-8-6-4-3-5-7-8;1-3(2-5)4(6)7/h2-7H,1H2;5H,1-2H2,(H,6,7). The Hall–Kier alpha value is -1.87. The molecule has 0 spiro atoms. The summed E-state index contributed by atoms with van der Waals surface area (Å²) in [5, 5.41) is 15.9. The lowest BCUT2D eigenvalue weighted by molar-refractivity contribution is -0.133. The highest BCUT2D eigenvalue weighted by Crippen LogP contribution is 1.97. The van der Waals surface area contributed by atoms with Gasteiger partial charge in [-0.05, 0) is 5.56 Å². The van der Waals surface area contributed by atoms with Crippen LogP contribution in [0.1, 0.15) is 5.56 Å². The molecule has 0 aromatic heterocycles. The molecular weight excluding hydrogens is 192 g/mol. The van der Waals surface area contributed by atoms with E-state index in [0.29, 0.717) is 0 Å². The molecular formula is C12H14O3. The SMILES string of the molecule is C=C(CO)C(=O)O.C=Cc1ccccc1. The Balaban J connectivity index is 0.000000265. The van der Waals surface area contributed by atoms with Crippen molar-refractivity contribution in [3.63, 3.8) is 0 Å². The highest BCUT2D eigenvalue weighted by molar-refractivity contribution is 5.85. The number of hydrogen-bond donors (Lipinski definition) is 2. The molecule has 0 saturated heterocycles. The van der Waals surface area contributed by atoms with E-state index in [1.165, 1.54) is 5.56 Å². The number of aliphatic hydroxyl groups is 1. The Morgan fingerprint density at radius 3 is 2.07 bits per heavy atom. The summed E-state index contributed by atoms with van der Waals surface area (Å²) in [6.07, 6.45) is 1.83. The van der Waals surface area contributed by atoms with Gasteiger partial charge in [-0.25, -0.2) is 4.79 Å². The minimum atomic E-state index is -1.15. The van der Waals surface area contributed by atoms with Crippen LogP contribution in [-0.2, 0) is 4.79 Å². The summed E-state index contributed by atoms with van der Waals surface area (Å²) in [6.45, 7) is 6.18. The molecule has 1 rings (SSSR count). The summed E-state index contributed by atoms with van der Waals surface area (Å²) in [6, 6.07) is 10.0. The smallest absolute Gasteiger partial charge is 0.333 e. The first-order valence-electron chi connectivity index (χ1n) is 4.31. The van der Waals surface area contributed by atoms with Gasteiger partial charge in [-0.3, -0.25) is 0 Å². The van der Waals surface area contributed by atoms with Gasteiger partial charge in [0.2, 0.25) is 0 Å². The quantitative estimate of drug-likeness (QED) is 0.743. The summed E-state index contributed by atoms with van der Waals surface area (Å²) < 4.78 is 0. The second-order valence-corrected chi connectivity index (χ2v) is 2.68. The van der Waals surface area contributed by atoms with Gasteiger partial charge in [0.05, 0.1) is 12.2 Å². The normalized spacial score (nSPS) is 8.33. The number of carboxylic acids is 1. The van der Waals surface area contributed by atoms with Crippen molar-refractivity contribution in [2.75, 3.05) is 6.61 Å². The van der Waals surface area contributed by atoms with Gasteiger partial charge in [0.1, 0.15) is 0 Å². The Labute approximate surface area is 89.0 Å². The number of aliphatic hydroxyl groups excluding tert-OH is 1. The molecule has 3 nitrogen and oxygen atoms in total. The fourth-order valence-corrected chi connectivity index (χ4v) is 0.657. The van der Waals surface area contributed by atoms with E-state index in [1.807, 2.05) is 36.4 Å². The molecule has 1 aromatic rings. The molecule has 0 radical (unpaired) electrons. The first kappa shape index (κ1) is 13.1. The first-order valence-corrected chi connectivity index (χ1v) is 4.31. The van der Waals surface area contributed by atoms with Crippen LogP contribution < -0.4 is 0 Å². The Bertz CT molecular complexity index is 328. The van der Waals surface area contributed by atoms with E-state index in [2.05, 4.69) is 13.2 Å². The largest absolute Gasteiger partial charge is 0.478 e. The zero-order valence-electron chi connectivity index (χ0n) is 8.39. The van der Waals surface area contributed by atoms with Gasteiger partial charge in [0.25, 0.3) is 0 Å². The fraction of sp³-hybridized carbons (Fsp3) is 0.0833. The summed E-state index contributed by atoms with van der Waals surface area (Å²) in [5.41, 5.74) is 0.993. The third-order valence-corrected chi connectivity index (χ3v) is 1.53. The van der Waals surface area contributed by atoms with Crippen molar-refractivity contribution in [3.8, 4) is 0 Å². The molecule has 15 heavy (non-hydrogen) atoms. The van der Waals surface area contributed by atoms with Crippen LogP contribution in [0.15, 0.2) is 49.1 Å². The van der Waals surface area contributed by atoms with Crippen LogP contribution in [0.2, 0.25) is 0 Å². The lowest BCUT2D eigenvalue weighted by Gasteiger charge is -1.87. The van der Waals surface area contributed by atoms with Crippen LogP contribution in [0, 0.1) is 0 Å². The molecule has 1 aromatic carbocycles. The lowest BCUT2D eigenvalue weighted by atomic mass is 10.2. The molecule has 0 aliphatic rings. The van der Waals surface area contributed by atoms with Crippen molar-refractivity contribution >= 4 is 12.0 Å². The maximum absolute atomic E-state index is 9.67. The van der Waals surface area contributed by atoms with Crippen molar-refractivity contribution < 1.29 is 15.0 Å². The van der Waals surface area contributed by atoms with Crippen LogP contribution >= 0.6 is 0 Å². The van der Waals surface area contributed by atoms with Crippen LogP contribution in [0.3, 0.4) is 0 Å². The molecule has 0 aliphatic carbocycles. The van der Waals surface area contributed by atoms with Gasteiger partial charge >= 0.3 is 5.97 Å². The van der Waals surface area contributed by atoms with Crippen molar-refractivity contribution in [2.24, 2.45) is 0 Å². The monoisotopic (exact) mass is 206 g/mol. The van der Waals surface area contributed by atoms with Crippen molar-refractivity contribution in [3.05, 3.63) is 54.6 Å². The predicted molar refractivity (Wildman–Crippen MR) is 60.4 cm³/mol. The highest BCUT2D eigenvalue weighted by atomic mass is 16.4. The molecule has 0 bridgehead atoms. The molecule has 0 fully saturated rings. The summed E-state index contributed by atoms with van der Waals surface area (Å²) in [7, 11) is 0. The zero-order chi connectivity index (χ0) is 11.7. The van der Waals surface area contributed by atoms with Gasteiger partial charge in [-0.2, -0.15) is 0 Å². The van der Waals surface area contributed by atoms with Gasteiger partial charge in [-0.1, -0.05) is 49.6 Å². The third kappa shape index (κ3) is 6.23. The number of benzene rings is 1. The van der Waals surface area contributed by atoms with E-state index < -0.39 is 12.6 Å². The number of rotatable bonds is 3. The van der Waals surface area contributed by atoms with Crippen molar-refractivity contribution in [1.82, 2.24) is 0 Å². The van der Waals surface area contributed by atoms with Crippen LogP contribution in [0.4, 0.5) is 0 Å². The minimum Gasteiger partial charge on any atom is -0.478 e. The highest BCUT2D eigenvalue weighted by Gasteiger charge is 1.97. The van der Waals surface area contributed by atoms with E-state index in [0.717, 1.165) is 0 Å². The number of carbonyl (C=O) groups is 1. The van der Waals surface area contributed by atoms with E-state index in [4.69, 9.17) is 10.2 Å². The van der Waals surface area contributed by atoms with E-state index >= 15 is 0 Å². The summed E-state index contributed by atoms with van der Waals surface area (Å²) in [5.74, 6) is -1.15. The third-order valence-electron chi connectivity index (χ3n) is 1.53. The first-order chi connectivity index (χ1) is 7.11. The maximum Gasteiger partial charge on any atom is 0.333 e. The van der Waals surface area contributed by atoms with Crippen molar-refractivity contribution in [2.45, 2.75) is 0 Å². The van der Waals surface area contributed by atoms with Crippen molar-refractivity contribution in [1.29, 1.82) is 0 Å². The van der Waals surface area contributed by atoms with Crippen LogP contribution in [-0.4, -0.2) is 22.8 Å². The molecule has 2 N–H and O–H groups in total. The molecule has 0 atom stereocenters. The van der Waals surface area contributed by atoms with E-state index in [-0.39, 0.29) is 5.57 Å². The molecule has 3 heteroatoms. The van der Waals surface area contributed by atoms with Gasteiger partial charge in [-0.15, -0.1) is 0 Å². The average Bonchev–Trinajstić information content (AvgIpc) is 2.29. The molecule has 0 amide bonds. The van der Waals surface area contributed by atoms with Gasteiger partial charge in [0, 0.05) is 0 Å². The number of hydrogen-bond acceptors (Lipinski definition) is 2. The van der Waals surface area contributed by atoms with Crippen LogP contribution in [0.5, 0.6) is 0 Å². The summed E-state index contributed by atoms with van der Waals surface area (Å²) >= 11 is 0. The predicted octanol–water partition coefficient (Wildman–Crippen LogP) is 1.95. The Kier molecular flexibility index (Phi) is 6.59. The maximum atomic E-state index is 9.67. The van der Waals surface area contributed by atoms with Gasteiger partial charge < -0.3 is 10.2 Å². The molecule has 0 heterocycles. The molecule has 0 aliphatic heterocycles. The van der Waals surface area contributed by atoms with E-state index in [1.54, 1.807) is 0 Å². The lowest BCUT2D eigenvalue weighted by Crippen LogP contribution is -2.01. The second kappa shape index (κ2) is 7.53. The number of carboxylic acid groups (broad SMARTS) is 1. The summed E-state index contributed by atoms with van der Waals surface area (Å²) in [4.78, 5) is 9.67. The topological polar surface area (TPSA) is 57.5 Å². The fourth-order valence-electron chi connectivity index (χ4n) is 0.657. The molecule has 80 valence electrons.